The van der Waals surface area contributed by atoms with Crippen LogP contribution in [0.15, 0.2) is 18.2 Å². The largest absolute Gasteiger partial charge is 0.414 e. The first-order valence-electron chi connectivity index (χ1n) is 5.09. The van der Waals surface area contributed by atoms with Crippen LogP contribution in [0.4, 0.5) is 10.5 Å². The molecule has 88 valence electrons. The lowest BCUT2D eigenvalue weighted by Gasteiger charge is -2.16. The second-order valence-electron chi connectivity index (χ2n) is 4.11. The Hall–Kier alpha value is -1.71. The second-order valence-corrected chi connectivity index (χ2v) is 4.11. The van der Waals surface area contributed by atoms with Gasteiger partial charge in [0.2, 0.25) is 0 Å². The van der Waals surface area contributed by atoms with Crippen molar-refractivity contribution in [3.63, 3.8) is 0 Å². The van der Waals surface area contributed by atoms with Gasteiger partial charge in [-0.15, -0.1) is 0 Å². The Bertz CT molecular complexity index is 387. The van der Waals surface area contributed by atoms with Crippen molar-refractivity contribution < 1.29 is 9.53 Å². The summed E-state index contributed by atoms with van der Waals surface area (Å²) in [6, 6.07) is 5.78. The molecule has 0 N–H and O–H groups in total. The lowest BCUT2D eigenvalue weighted by atomic mass is 10.2. The molecule has 4 nitrogen and oxygen atoms in total. The highest BCUT2D eigenvalue weighted by molar-refractivity contribution is 5.71. The highest BCUT2D eigenvalue weighted by atomic mass is 16.6. The molecule has 1 aromatic rings. The molecule has 0 aromatic heterocycles. The van der Waals surface area contributed by atoms with Gasteiger partial charge in [0, 0.05) is 39.9 Å². The zero-order chi connectivity index (χ0) is 12.3. The Morgan fingerprint density at radius 2 is 1.81 bits per heavy atom. The zero-order valence-electron chi connectivity index (χ0n) is 10.4. The molecule has 1 amide bonds. The van der Waals surface area contributed by atoms with Crippen LogP contribution < -0.4 is 9.64 Å². The molecular formula is C12H18N2O2. The van der Waals surface area contributed by atoms with E-state index >= 15 is 0 Å². The van der Waals surface area contributed by atoms with E-state index in [-0.39, 0.29) is 6.09 Å². The molecule has 0 unspecified atom stereocenters. The molecule has 16 heavy (non-hydrogen) atoms. The highest BCUT2D eigenvalue weighted by Crippen LogP contribution is 2.24. The number of anilines is 1. The van der Waals surface area contributed by atoms with Gasteiger partial charge in [0.05, 0.1) is 0 Å². The van der Waals surface area contributed by atoms with E-state index in [9.17, 15) is 4.79 Å². The molecule has 0 saturated heterocycles. The van der Waals surface area contributed by atoms with Gasteiger partial charge >= 0.3 is 6.09 Å². The molecule has 4 heteroatoms. The number of amides is 1. The van der Waals surface area contributed by atoms with Gasteiger partial charge < -0.3 is 14.5 Å². The summed E-state index contributed by atoms with van der Waals surface area (Å²) < 4.78 is 5.26. The average molecular weight is 222 g/mol. The Kier molecular flexibility index (Phi) is 3.77. The van der Waals surface area contributed by atoms with E-state index in [1.54, 1.807) is 14.1 Å². The summed E-state index contributed by atoms with van der Waals surface area (Å²) in [6.07, 6.45) is -0.362. The fourth-order valence-corrected chi connectivity index (χ4v) is 1.16. The summed E-state index contributed by atoms with van der Waals surface area (Å²) >= 11 is 0. The number of carbonyl (C=O) groups is 1. The molecule has 0 spiro atoms. The van der Waals surface area contributed by atoms with Crippen LogP contribution in [0, 0.1) is 6.92 Å². The van der Waals surface area contributed by atoms with E-state index < -0.39 is 0 Å². The number of rotatable bonds is 2. The van der Waals surface area contributed by atoms with E-state index in [4.69, 9.17) is 4.74 Å². The van der Waals surface area contributed by atoms with Crippen LogP contribution in [0.1, 0.15) is 5.56 Å². The summed E-state index contributed by atoms with van der Waals surface area (Å²) in [5.74, 6) is 0.602. The number of benzene rings is 1. The smallest absolute Gasteiger partial charge is 0.410 e. The number of carbonyl (C=O) groups excluding carboxylic acids is 1. The quantitative estimate of drug-likeness (QED) is 0.768. The van der Waals surface area contributed by atoms with Gasteiger partial charge in [0.25, 0.3) is 0 Å². The molecule has 0 heterocycles. The van der Waals surface area contributed by atoms with Crippen molar-refractivity contribution >= 4 is 11.8 Å². The summed E-state index contributed by atoms with van der Waals surface area (Å²) in [4.78, 5) is 14.8. The van der Waals surface area contributed by atoms with E-state index in [0.717, 1.165) is 11.3 Å². The Labute approximate surface area is 96.4 Å². The fraction of sp³-hybridized carbons (Fsp3) is 0.417. The maximum absolute atomic E-state index is 11.4. The number of nitrogens with zero attached hydrogens (tertiary/aromatic N) is 2. The number of ether oxygens (including phenoxy) is 1. The van der Waals surface area contributed by atoms with Crippen molar-refractivity contribution in [1.82, 2.24) is 4.90 Å². The Balaban J connectivity index is 2.94. The van der Waals surface area contributed by atoms with E-state index in [0.29, 0.717) is 5.75 Å². The molecule has 0 radical (unpaired) electrons. The van der Waals surface area contributed by atoms with Crippen molar-refractivity contribution in [3.05, 3.63) is 23.8 Å². The summed E-state index contributed by atoms with van der Waals surface area (Å²) in [5, 5.41) is 0. The third-order valence-corrected chi connectivity index (χ3v) is 2.25. The predicted octanol–water partition coefficient (Wildman–Crippen LogP) is 2.12. The van der Waals surface area contributed by atoms with Gasteiger partial charge in [-0.2, -0.15) is 0 Å². The number of hydrogen-bond donors (Lipinski definition) is 0. The molecular weight excluding hydrogens is 204 g/mol. The van der Waals surface area contributed by atoms with Crippen LogP contribution in [-0.2, 0) is 0 Å². The molecule has 1 aromatic carbocycles. The maximum Gasteiger partial charge on any atom is 0.414 e. The second kappa shape index (κ2) is 4.88. The molecule has 0 saturated carbocycles. The number of hydrogen-bond acceptors (Lipinski definition) is 3. The molecule has 1 rings (SSSR count). The van der Waals surface area contributed by atoms with Crippen molar-refractivity contribution in [2.75, 3.05) is 33.1 Å². The van der Waals surface area contributed by atoms with Crippen LogP contribution in [0.5, 0.6) is 5.75 Å². The first-order valence-corrected chi connectivity index (χ1v) is 5.09. The van der Waals surface area contributed by atoms with Gasteiger partial charge in [0.1, 0.15) is 5.75 Å². The lowest BCUT2D eigenvalue weighted by molar-refractivity contribution is 0.171. The lowest BCUT2D eigenvalue weighted by Crippen LogP contribution is -2.25. The first-order chi connectivity index (χ1) is 7.41. The highest BCUT2D eigenvalue weighted by Gasteiger charge is 2.10. The van der Waals surface area contributed by atoms with E-state index in [2.05, 4.69) is 0 Å². The minimum Gasteiger partial charge on any atom is -0.410 e. The standard InChI is InChI=1S/C12H18N2O2/c1-9-6-7-10(13(2)3)8-11(9)16-12(15)14(4)5/h6-8H,1-5H3. The van der Waals surface area contributed by atoms with E-state index in [1.165, 1.54) is 4.90 Å². The maximum atomic E-state index is 11.4. The van der Waals surface area contributed by atoms with Gasteiger partial charge in [-0.05, 0) is 18.6 Å². The molecule has 0 aliphatic rings. The van der Waals surface area contributed by atoms with Crippen molar-refractivity contribution in [3.8, 4) is 5.75 Å². The van der Waals surface area contributed by atoms with Crippen LogP contribution in [0.3, 0.4) is 0 Å². The van der Waals surface area contributed by atoms with Crippen LogP contribution in [0.2, 0.25) is 0 Å². The fourth-order valence-electron chi connectivity index (χ4n) is 1.16. The van der Waals surface area contributed by atoms with Crippen LogP contribution >= 0.6 is 0 Å². The molecule has 0 aliphatic carbocycles. The molecule has 0 fully saturated rings. The predicted molar refractivity (Wildman–Crippen MR) is 65.2 cm³/mol. The summed E-state index contributed by atoms with van der Waals surface area (Å²) in [7, 11) is 7.21. The molecule has 0 atom stereocenters. The molecule has 0 bridgehead atoms. The van der Waals surface area contributed by atoms with Gasteiger partial charge in [-0.1, -0.05) is 6.07 Å². The van der Waals surface area contributed by atoms with Gasteiger partial charge in [-0.25, -0.2) is 4.79 Å². The Morgan fingerprint density at radius 1 is 1.19 bits per heavy atom. The SMILES string of the molecule is Cc1ccc(N(C)C)cc1OC(=O)N(C)C. The van der Waals surface area contributed by atoms with Crippen molar-refractivity contribution in [2.45, 2.75) is 6.92 Å². The van der Waals surface area contributed by atoms with Crippen LogP contribution in [0.25, 0.3) is 0 Å². The van der Waals surface area contributed by atoms with Gasteiger partial charge in [-0.3, -0.25) is 0 Å². The van der Waals surface area contributed by atoms with Crippen molar-refractivity contribution in [1.29, 1.82) is 0 Å². The third kappa shape index (κ3) is 2.89. The Morgan fingerprint density at radius 3 is 2.31 bits per heavy atom. The topological polar surface area (TPSA) is 32.8 Å². The third-order valence-electron chi connectivity index (χ3n) is 2.25. The van der Waals surface area contributed by atoms with Crippen LogP contribution in [-0.4, -0.2) is 39.2 Å². The first kappa shape index (κ1) is 12.4. The summed E-state index contributed by atoms with van der Waals surface area (Å²) in [5.41, 5.74) is 1.95. The molecule has 0 aliphatic heterocycles. The minimum absolute atomic E-state index is 0.362. The normalized spacial score (nSPS) is 9.81. The summed E-state index contributed by atoms with van der Waals surface area (Å²) in [6.45, 7) is 1.91. The van der Waals surface area contributed by atoms with E-state index in [1.807, 2.05) is 44.1 Å². The zero-order valence-corrected chi connectivity index (χ0v) is 10.4. The number of aryl methyl sites for hydroxylation is 1. The van der Waals surface area contributed by atoms with Gasteiger partial charge in [0.15, 0.2) is 0 Å². The minimum atomic E-state index is -0.362. The monoisotopic (exact) mass is 222 g/mol. The average Bonchev–Trinajstić information content (AvgIpc) is 2.20. The van der Waals surface area contributed by atoms with Crippen molar-refractivity contribution in [2.24, 2.45) is 0 Å².